The average Bonchev–Trinajstić information content (AvgIpc) is 2.62. The molecule has 1 atom stereocenters. The third-order valence-corrected chi connectivity index (χ3v) is 3.51. The Morgan fingerprint density at radius 2 is 2.00 bits per heavy atom. The SMILES string of the molecule is C[C@@H]1CN(C)CCC12CC2. The van der Waals surface area contributed by atoms with Crippen LogP contribution in [0.3, 0.4) is 0 Å². The summed E-state index contributed by atoms with van der Waals surface area (Å²) in [5.74, 6) is 0.964. The maximum Gasteiger partial charge on any atom is 0.000928 e. The van der Waals surface area contributed by atoms with Gasteiger partial charge < -0.3 is 4.90 Å². The van der Waals surface area contributed by atoms with Gasteiger partial charge in [0, 0.05) is 6.54 Å². The first-order valence-electron chi connectivity index (χ1n) is 4.41. The summed E-state index contributed by atoms with van der Waals surface area (Å²) in [6.07, 6.45) is 4.49. The molecule has 58 valence electrons. The molecule has 2 fully saturated rings. The normalized spacial score (nSPS) is 38.4. The second kappa shape index (κ2) is 1.97. The predicted molar refractivity (Wildman–Crippen MR) is 42.9 cm³/mol. The van der Waals surface area contributed by atoms with E-state index in [0.717, 1.165) is 11.3 Å². The Hall–Kier alpha value is -0.0400. The molecule has 2 rings (SSSR count). The number of nitrogens with zero attached hydrogens (tertiary/aromatic N) is 1. The molecule has 1 heteroatoms. The summed E-state index contributed by atoms with van der Waals surface area (Å²) >= 11 is 0. The van der Waals surface area contributed by atoms with E-state index in [9.17, 15) is 0 Å². The second-order valence-corrected chi connectivity index (χ2v) is 4.28. The molecule has 1 spiro atoms. The Bertz CT molecular complexity index is 138. The Morgan fingerprint density at radius 1 is 1.30 bits per heavy atom. The van der Waals surface area contributed by atoms with Crippen LogP contribution in [0.2, 0.25) is 0 Å². The van der Waals surface area contributed by atoms with E-state index in [1.54, 1.807) is 0 Å². The van der Waals surface area contributed by atoms with Gasteiger partial charge in [0.1, 0.15) is 0 Å². The van der Waals surface area contributed by atoms with Gasteiger partial charge >= 0.3 is 0 Å². The van der Waals surface area contributed by atoms with Crippen molar-refractivity contribution in [2.45, 2.75) is 26.2 Å². The Balaban J connectivity index is 2.01. The number of rotatable bonds is 0. The molecule has 0 amide bonds. The number of likely N-dealkylation sites (tertiary alicyclic amines) is 1. The number of piperidine rings is 1. The van der Waals surface area contributed by atoms with Crippen LogP contribution in [0.4, 0.5) is 0 Å². The molecule has 0 N–H and O–H groups in total. The highest BCUT2D eigenvalue weighted by Crippen LogP contribution is 2.56. The maximum atomic E-state index is 2.47. The maximum absolute atomic E-state index is 2.47. The zero-order valence-corrected chi connectivity index (χ0v) is 7.06. The molecule has 1 aliphatic carbocycles. The highest BCUT2D eigenvalue weighted by atomic mass is 15.1. The summed E-state index contributed by atoms with van der Waals surface area (Å²) in [7, 11) is 2.24. The highest BCUT2D eigenvalue weighted by Gasteiger charge is 2.48. The van der Waals surface area contributed by atoms with Gasteiger partial charge in [0.25, 0.3) is 0 Å². The lowest BCUT2D eigenvalue weighted by molar-refractivity contribution is 0.138. The molecule has 1 aliphatic heterocycles. The minimum atomic E-state index is 0.826. The van der Waals surface area contributed by atoms with Gasteiger partial charge in [-0.1, -0.05) is 6.92 Å². The van der Waals surface area contributed by atoms with Gasteiger partial charge in [-0.2, -0.15) is 0 Å². The highest BCUT2D eigenvalue weighted by molar-refractivity contribution is 5.00. The summed E-state index contributed by atoms with van der Waals surface area (Å²) in [5.41, 5.74) is 0.826. The van der Waals surface area contributed by atoms with Crippen LogP contribution in [-0.4, -0.2) is 25.0 Å². The Labute approximate surface area is 63.4 Å². The van der Waals surface area contributed by atoms with E-state index in [-0.39, 0.29) is 0 Å². The van der Waals surface area contributed by atoms with Crippen LogP contribution in [0.25, 0.3) is 0 Å². The lowest BCUT2D eigenvalue weighted by Crippen LogP contribution is -2.37. The quantitative estimate of drug-likeness (QED) is 0.494. The van der Waals surface area contributed by atoms with Crippen molar-refractivity contribution in [3.8, 4) is 0 Å². The lowest BCUT2D eigenvalue weighted by Gasteiger charge is -2.35. The zero-order chi connectivity index (χ0) is 7.19. The molecular weight excluding hydrogens is 122 g/mol. The van der Waals surface area contributed by atoms with Crippen molar-refractivity contribution < 1.29 is 0 Å². The predicted octanol–water partition coefficient (Wildman–Crippen LogP) is 1.74. The van der Waals surface area contributed by atoms with Gasteiger partial charge in [-0.05, 0) is 44.2 Å². The molecule has 1 nitrogen and oxygen atoms in total. The van der Waals surface area contributed by atoms with Crippen molar-refractivity contribution in [1.82, 2.24) is 4.90 Å². The molecule has 1 heterocycles. The van der Waals surface area contributed by atoms with Crippen LogP contribution < -0.4 is 0 Å². The number of hydrogen-bond donors (Lipinski definition) is 0. The van der Waals surface area contributed by atoms with Crippen molar-refractivity contribution in [3.63, 3.8) is 0 Å². The van der Waals surface area contributed by atoms with Gasteiger partial charge in [0.2, 0.25) is 0 Å². The van der Waals surface area contributed by atoms with Crippen LogP contribution >= 0.6 is 0 Å². The molecule has 1 saturated carbocycles. The molecule has 0 unspecified atom stereocenters. The van der Waals surface area contributed by atoms with Crippen LogP contribution in [0.5, 0.6) is 0 Å². The molecule has 0 bridgehead atoms. The first-order valence-corrected chi connectivity index (χ1v) is 4.41. The molecule has 0 radical (unpaired) electrons. The molecule has 0 aromatic heterocycles. The van der Waals surface area contributed by atoms with Crippen molar-refractivity contribution >= 4 is 0 Å². The van der Waals surface area contributed by atoms with Crippen molar-refractivity contribution in [2.24, 2.45) is 11.3 Å². The van der Waals surface area contributed by atoms with Gasteiger partial charge in [-0.3, -0.25) is 0 Å². The van der Waals surface area contributed by atoms with Crippen molar-refractivity contribution in [1.29, 1.82) is 0 Å². The van der Waals surface area contributed by atoms with Gasteiger partial charge in [0.15, 0.2) is 0 Å². The third-order valence-electron chi connectivity index (χ3n) is 3.51. The fourth-order valence-corrected chi connectivity index (χ4v) is 2.32. The zero-order valence-electron chi connectivity index (χ0n) is 7.06. The summed E-state index contributed by atoms with van der Waals surface area (Å²) in [6.45, 7) is 5.09. The van der Waals surface area contributed by atoms with Crippen LogP contribution in [0.15, 0.2) is 0 Å². The fraction of sp³-hybridized carbons (Fsp3) is 1.00. The van der Waals surface area contributed by atoms with E-state index in [1.165, 1.54) is 32.4 Å². The summed E-state index contributed by atoms with van der Waals surface area (Å²) < 4.78 is 0. The molecular formula is C9H17N. The molecule has 2 aliphatic rings. The lowest BCUT2D eigenvalue weighted by atomic mass is 9.84. The van der Waals surface area contributed by atoms with Gasteiger partial charge in [0.05, 0.1) is 0 Å². The first kappa shape index (κ1) is 6.66. The Morgan fingerprint density at radius 3 is 2.50 bits per heavy atom. The van der Waals surface area contributed by atoms with E-state index in [4.69, 9.17) is 0 Å². The van der Waals surface area contributed by atoms with Gasteiger partial charge in [-0.15, -0.1) is 0 Å². The minimum Gasteiger partial charge on any atom is -0.306 e. The molecule has 1 saturated heterocycles. The van der Waals surface area contributed by atoms with Crippen LogP contribution in [0.1, 0.15) is 26.2 Å². The topological polar surface area (TPSA) is 3.24 Å². The molecule has 10 heavy (non-hydrogen) atoms. The summed E-state index contributed by atoms with van der Waals surface area (Å²) in [6, 6.07) is 0. The van der Waals surface area contributed by atoms with Crippen molar-refractivity contribution in [3.05, 3.63) is 0 Å². The van der Waals surface area contributed by atoms with Crippen LogP contribution in [-0.2, 0) is 0 Å². The molecule has 0 aromatic rings. The van der Waals surface area contributed by atoms with Gasteiger partial charge in [-0.25, -0.2) is 0 Å². The largest absolute Gasteiger partial charge is 0.306 e. The standard InChI is InChI=1S/C9H17N/c1-8-7-10(2)6-5-9(8)3-4-9/h8H,3-7H2,1-2H3/t8-/m1/s1. The first-order chi connectivity index (χ1) is 4.73. The summed E-state index contributed by atoms with van der Waals surface area (Å²) in [4.78, 5) is 2.47. The third kappa shape index (κ3) is 0.878. The van der Waals surface area contributed by atoms with E-state index in [1.807, 2.05) is 0 Å². The Kier molecular flexibility index (Phi) is 1.31. The van der Waals surface area contributed by atoms with E-state index in [0.29, 0.717) is 0 Å². The average molecular weight is 139 g/mol. The van der Waals surface area contributed by atoms with E-state index in [2.05, 4.69) is 18.9 Å². The fourth-order valence-electron chi connectivity index (χ4n) is 2.32. The van der Waals surface area contributed by atoms with Crippen LogP contribution in [0, 0.1) is 11.3 Å². The van der Waals surface area contributed by atoms with E-state index >= 15 is 0 Å². The monoisotopic (exact) mass is 139 g/mol. The number of hydrogen-bond acceptors (Lipinski definition) is 1. The van der Waals surface area contributed by atoms with Crippen molar-refractivity contribution in [2.75, 3.05) is 20.1 Å². The minimum absolute atomic E-state index is 0.826. The smallest absolute Gasteiger partial charge is 0.000928 e. The van der Waals surface area contributed by atoms with E-state index < -0.39 is 0 Å². The second-order valence-electron chi connectivity index (χ2n) is 4.28. The molecule has 0 aromatic carbocycles. The summed E-state index contributed by atoms with van der Waals surface area (Å²) in [5, 5.41) is 0.